The van der Waals surface area contributed by atoms with E-state index in [0.29, 0.717) is 5.92 Å². The Balaban J connectivity index is 2.05. The Morgan fingerprint density at radius 2 is 1.86 bits per heavy atom. The van der Waals surface area contributed by atoms with E-state index in [9.17, 15) is 4.79 Å². The number of ether oxygens (including phenoxy) is 1. The van der Waals surface area contributed by atoms with E-state index in [4.69, 9.17) is 4.74 Å². The molecule has 4 heteroatoms. The Kier molecular flexibility index (Phi) is 5.12. The Bertz CT molecular complexity index is 505. The molecule has 1 heterocycles. The second kappa shape index (κ2) is 6.69. The molecule has 1 aliphatic rings. The van der Waals surface area contributed by atoms with Gasteiger partial charge in [-0.2, -0.15) is 0 Å². The van der Waals surface area contributed by atoms with Crippen molar-refractivity contribution < 1.29 is 9.53 Å². The number of hydrogen-bond donors (Lipinski definition) is 1. The van der Waals surface area contributed by atoms with E-state index in [2.05, 4.69) is 29.4 Å². The smallest absolute Gasteiger partial charge is 0.225 e. The first kappa shape index (κ1) is 16.8. The van der Waals surface area contributed by atoms with Gasteiger partial charge >= 0.3 is 0 Å². The molecule has 122 valence electrons. The Labute approximate surface area is 133 Å². The van der Waals surface area contributed by atoms with Gasteiger partial charge in [0.15, 0.2) is 0 Å². The highest BCUT2D eigenvalue weighted by molar-refractivity contribution is 5.81. The molecule has 22 heavy (non-hydrogen) atoms. The lowest BCUT2D eigenvalue weighted by molar-refractivity contribution is -0.129. The lowest BCUT2D eigenvalue weighted by Crippen LogP contribution is -2.51. The van der Waals surface area contributed by atoms with Gasteiger partial charge in [-0.15, -0.1) is 0 Å². The molecular formula is C18H28N2O2. The summed E-state index contributed by atoms with van der Waals surface area (Å²) in [5.41, 5.74) is 0.966. The van der Waals surface area contributed by atoms with Crippen LogP contribution in [0.1, 0.15) is 38.7 Å². The van der Waals surface area contributed by atoms with E-state index >= 15 is 0 Å². The number of carbonyl (C=O) groups is 1. The molecule has 2 unspecified atom stereocenters. The molecule has 0 radical (unpaired) electrons. The monoisotopic (exact) mass is 304 g/mol. The molecule has 0 spiro atoms. The van der Waals surface area contributed by atoms with Gasteiger partial charge < -0.3 is 15.0 Å². The molecule has 0 aliphatic carbocycles. The van der Waals surface area contributed by atoms with E-state index in [0.717, 1.165) is 25.3 Å². The van der Waals surface area contributed by atoms with Crippen LogP contribution in [-0.2, 0) is 4.79 Å². The van der Waals surface area contributed by atoms with E-state index in [-0.39, 0.29) is 17.4 Å². The predicted octanol–water partition coefficient (Wildman–Crippen LogP) is 2.65. The zero-order chi connectivity index (χ0) is 16.3. The van der Waals surface area contributed by atoms with Crippen molar-refractivity contribution in [1.29, 1.82) is 0 Å². The van der Waals surface area contributed by atoms with Gasteiger partial charge in [0.25, 0.3) is 0 Å². The molecule has 4 nitrogen and oxygen atoms in total. The summed E-state index contributed by atoms with van der Waals surface area (Å²) in [4.78, 5) is 14.5. The van der Waals surface area contributed by atoms with Gasteiger partial charge in [-0.3, -0.25) is 4.79 Å². The molecular weight excluding hydrogens is 276 g/mol. The maximum atomic E-state index is 12.2. The Hall–Kier alpha value is -1.55. The number of carbonyl (C=O) groups excluding carboxylic acids is 1. The van der Waals surface area contributed by atoms with Crippen LogP contribution in [0.25, 0.3) is 0 Å². The molecule has 1 aliphatic heterocycles. The second-order valence-corrected chi connectivity index (χ2v) is 7.35. The van der Waals surface area contributed by atoms with Crippen molar-refractivity contribution in [1.82, 2.24) is 10.2 Å². The van der Waals surface area contributed by atoms with Crippen molar-refractivity contribution in [2.24, 2.45) is 5.41 Å². The Morgan fingerprint density at radius 3 is 2.41 bits per heavy atom. The fourth-order valence-electron chi connectivity index (χ4n) is 2.94. The number of rotatable bonds is 3. The number of methoxy groups -OCH3 is 1. The zero-order valence-electron chi connectivity index (χ0n) is 14.3. The summed E-state index contributed by atoms with van der Waals surface area (Å²) >= 11 is 0. The average Bonchev–Trinajstić information content (AvgIpc) is 2.45. The van der Waals surface area contributed by atoms with Gasteiger partial charge in [0, 0.05) is 24.5 Å². The third-order valence-corrected chi connectivity index (χ3v) is 4.24. The van der Waals surface area contributed by atoms with E-state index in [1.54, 1.807) is 7.11 Å². The molecule has 0 saturated carbocycles. The van der Waals surface area contributed by atoms with Crippen LogP contribution < -0.4 is 10.1 Å². The fraction of sp³-hybridized carbons (Fsp3) is 0.611. The number of nitrogens with one attached hydrogen (secondary N) is 1. The molecule has 1 saturated heterocycles. The van der Waals surface area contributed by atoms with Crippen LogP contribution in [0.3, 0.4) is 0 Å². The SMILES string of the molecule is COc1ccc(C2CC(NC(=O)C(C)(C)C)CN(C)C2)cc1. The number of likely N-dealkylation sites (N-methyl/N-ethyl adjacent to an activating group) is 1. The minimum Gasteiger partial charge on any atom is -0.497 e. The number of hydrogen-bond acceptors (Lipinski definition) is 3. The highest BCUT2D eigenvalue weighted by Gasteiger charge is 2.30. The third-order valence-electron chi connectivity index (χ3n) is 4.24. The largest absolute Gasteiger partial charge is 0.497 e. The molecule has 2 rings (SSSR count). The summed E-state index contributed by atoms with van der Waals surface area (Å²) < 4.78 is 5.22. The van der Waals surface area contributed by atoms with E-state index in [1.165, 1.54) is 5.56 Å². The molecule has 1 aromatic rings. The summed E-state index contributed by atoms with van der Waals surface area (Å²) in [5.74, 6) is 1.45. The third kappa shape index (κ3) is 4.23. The lowest BCUT2D eigenvalue weighted by Gasteiger charge is -2.37. The summed E-state index contributed by atoms with van der Waals surface area (Å²) in [6.45, 7) is 7.80. The summed E-state index contributed by atoms with van der Waals surface area (Å²) in [7, 11) is 3.80. The number of nitrogens with zero attached hydrogens (tertiary/aromatic N) is 1. The molecule has 0 aromatic heterocycles. The van der Waals surface area contributed by atoms with Crippen LogP contribution in [0.2, 0.25) is 0 Å². The molecule has 2 atom stereocenters. The number of likely N-dealkylation sites (tertiary alicyclic amines) is 1. The molecule has 1 fully saturated rings. The highest BCUT2D eigenvalue weighted by Crippen LogP contribution is 2.28. The molecule has 0 bridgehead atoms. The van der Waals surface area contributed by atoms with Crippen molar-refractivity contribution in [3.8, 4) is 5.75 Å². The minimum atomic E-state index is -0.342. The first-order valence-electron chi connectivity index (χ1n) is 7.93. The first-order chi connectivity index (χ1) is 10.3. The van der Waals surface area contributed by atoms with Crippen LogP contribution in [0.4, 0.5) is 0 Å². The molecule has 1 N–H and O–H groups in total. The topological polar surface area (TPSA) is 41.6 Å². The van der Waals surface area contributed by atoms with Crippen molar-refractivity contribution in [2.45, 2.75) is 39.2 Å². The van der Waals surface area contributed by atoms with Crippen LogP contribution in [0, 0.1) is 5.41 Å². The number of amides is 1. The maximum Gasteiger partial charge on any atom is 0.225 e. The van der Waals surface area contributed by atoms with Crippen molar-refractivity contribution in [3.63, 3.8) is 0 Å². The zero-order valence-corrected chi connectivity index (χ0v) is 14.3. The average molecular weight is 304 g/mol. The number of benzene rings is 1. The van der Waals surface area contributed by atoms with Crippen LogP contribution in [0.5, 0.6) is 5.75 Å². The number of piperidine rings is 1. The van der Waals surface area contributed by atoms with Gasteiger partial charge in [0.05, 0.1) is 7.11 Å². The first-order valence-corrected chi connectivity index (χ1v) is 7.93. The van der Waals surface area contributed by atoms with Crippen molar-refractivity contribution in [2.75, 3.05) is 27.2 Å². The van der Waals surface area contributed by atoms with E-state index < -0.39 is 0 Å². The second-order valence-electron chi connectivity index (χ2n) is 7.35. The van der Waals surface area contributed by atoms with Gasteiger partial charge in [-0.05, 0) is 37.1 Å². The minimum absolute atomic E-state index is 0.126. The highest BCUT2D eigenvalue weighted by atomic mass is 16.5. The predicted molar refractivity (Wildman–Crippen MR) is 89.2 cm³/mol. The summed E-state index contributed by atoms with van der Waals surface area (Å²) in [6, 6.07) is 8.48. The molecule has 1 aromatic carbocycles. The molecule has 1 amide bonds. The fourth-order valence-corrected chi connectivity index (χ4v) is 2.94. The quantitative estimate of drug-likeness (QED) is 0.933. The summed E-state index contributed by atoms with van der Waals surface area (Å²) in [5, 5.41) is 3.21. The van der Waals surface area contributed by atoms with Crippen molar-refractivity contribution >= 4 is 5.91 Å². The normalized spacial score (nSPS) is 23.1. The lowest BCUT2D eigenvalue weighted by atomic mass is 9.87. The van der Waals surface area contributed by atoms with Crippen LogP contribution in [-0.4, -0.2) is 44.1 Å². The summed E-state index contributed by atoms with van der Waals surface area (Å²) in [6.07, 6.45) is 0.985. The van der Waals surface area contributed by atoms with Crippen molar-refractivity contribution in [3.05, 3.63) is 29.8 Å². The maximum absolute atomic E-state index is 12.2. The Morgan fingerprint density at radius 1 is 1.23 bits per heavy atom. The van der Waals surface area contributed by atoms with Crippen LogP contribution >= 0.6 is 0 Å². The van der Waals surface area contributed by atoms with Gasteiger partial charge in [-0.25, -0.2) is 0 Å². The van der Waals surface area contributed by atoms with Gasteiger partial charge in [-0.1, -0.05) is 32.9 Å². The standard InChI is InChI=1S/C18H28N2O2/c1-18(2,3)17(21)19-15-10-14(11-20(4)12-15)13-6-8-16(22-5)9-7-13/h6-9,14-15H,10-12H2,1-5H3,(H,19,21). The van der Waals surface area contributed by atoms with Crippen LogP contribution in [0.15, 0.2) is 24.3 Å². The van der Waals surface area contributed by atoms with E-state index in [1.807, 2.05) is 32.9 Å². The van der Waals surface area contributed by atoms with Gasteiger partial charge in [0.1, 0.15) is 5.75 Å². The van der Waals surface area contributed by atoms with Gasteiger partial charge in [0.2, 0.25) is 5.91 Å².